The van der Waals surface area contributed by atoms with Crippen molar-refractivity contribution in [3.05, 3.63) is 29.6 Å². The van der Waals surface area contributed by atoms with Crippen LogP contribution in [0.3, 0.4) is 0 Å². The molecule has 0 atom stereocenters. The number of hydrogen-bond donors (Lipinski definition) is 2. The molecule has 2 N–H and O–H groups in total. The van der Waals surface area contributed by atoms with Gasteiger partial charge in [0.25, 0.3) is 0 Å². The number of nitrogens with zero attached hydrogens (tertiary/aromatic N) is 2. The van der Waals surface area contributed by atoms with Gasteiger partial charge in [-0.1, -0.05) is 18.2 Å². The zero-order valence-corrected chi connectivity index (χ0v) is 14.3. The van der Waals surface area contributed by atoms with Crippen LogP contribution in [-0.2, 0) is 4.79 Å². The summed E-state index contributed by atoms with van der Waals surface area (Å²) in [6.45, 7) is 1.83. The number of carbonyl (C=O) groups is 1. The van der Waals surface area contributed by atoms with Gasteiger partial charge in [0, 0.05) is 36.6 Å². The highest BCUT2D eigenvalue weighted by molar-refractivity contribution is 7.14. The Morgan fingerprint density at radius 2 is 2.04 bits per heavy atom. The van der Waals surface area contributed by atoms with Crippen LogP contribution in [0.15, 0.2) is 29.6 Å². The van der Waals surface area contributed by atoms with E-state index in [4.69, 9.17) is 0 Å². The maximum atomic E-state index is 12.3. The van der Waals surface area contributed by atoms with E-state index in [0.717, 1.165) is 42.9 Å². The Balaban J connectivity index is 1.74. The number of thiazole rings is 1. The van der Waals surface area contributed by atoms with E-state index in [1.54, 1.807) is 0 Å². The predicted octanol–water partition coefficient (Wildman–Crippen LogP) is 2.81. The lowest BCUT2D eigenvalue weighted by molar-refractivity contribution is -0.120. The van der Waals surface area contributed by atoms with Gasteiger partial charge < -0.3 is 15.5 Å². The fraction of sp³-hybridized carbons (Fsp3) is 0.412. The normalized spacial score (nSPS) is 15.4. The number of aromatic nitrogens is 1. The highest BCUT2D eigenvalue weighted by Crippen LogP contribution is 2.32. The molecule has 2 heterocycles. The van der Waals surface area contributed by atoms with Crippen LogP contribution in [0.5, 0.6) is 0 Å². The van der Waals surface area contributed by atoms with Gasteiger partial charge in [-0.2, -0.15) is 0 Å². The SMILES string of the molecule is CN(C)c1ccccc1-c1csc(NC(=O)C2CCNCC2)n1. The third-order valence-electron chi connectivity index (χ3n) is 4.11. The molecule has 1 fully saturated rings. The van der Waals surface area contributed by atoms with Crippen molar-refractivity contribution in [3.8, 4) is 11.3 Å². The molecule has 5 nitrogen and oxygen atoms in total. The Labute approximate surface area is 140 Å². The summed E-state index contributed by atoms with van der Waals surface area (Å²) in [4.78, 5) is 19.0. The van der Waals surface area contributed by atoms with Gasteiger partial charge in [0.1, 0.15) is 0 Å². The molecular formula is C17H22N4OS. The Morgan fingerprint density at radius 1 is 1.30 bits per heavy atom. The molecule has 6 heteroatoms. The molecule has 1 saturated heterocycles. The fourth-order valence-corrected chi connectivity index (χ4v) is 3.54. The first-order valence-electron chi connectivity index (χ1n) is 7.89. The number of amides is 1. The molecule has 1 aliphatic rings. The summed E-state index contributed by atoms with van der Waals surface area (Å²) >= 11 is 1.48. The van der Waals surface area contributed by atoms with Gasteiger partial charge in [-0.05, 0) is 32.0 Å². The van der Waals surface area contributed by atoms with Crippen molar-refractivity contribution >= 4 is 28.1 Å². The third-order valence-corrected chi connectivity index (χ3v) is 4.86. The minimum atomic E-state index is 0.0910. The molecule has 0 saturated carbocycles. The smallest absolute Gasteiger partial charge is 0.229 e. The van der Waals surface area contributed by atoms with Crippen LogP contribution in [0.25, 0.3) is 11.3 Å². The monoisotopic (exact) mass is 330 g/mol. The van der Waals surface area contributed by atoms with E-state index >= 15 is 0 Å². The zero-order valence-electron chi connectivity index (χ0n) is 13.5. The summed E-state index contributed by atoms with van der Waals surface area (Å²) in [6.07, 6.45) is 1.79. The summed E-state index contributed by atoms with van der Waals surface area (Å²) in [7, 11) is 4.04. The average Bonchev–Trinajstić information content (AvgIpc) is 3.04. The minimum absolute atomic E-state index is 0.0910. The summed E-state index contributed by atoms with van der Waals surface area (Å²) in [5.74, 6) is 0.186. The van der Waals surface area contributed by atoms with E-state index in [0.29, 0.717) is 5.13 Å². The molecule has 0 aliphatic carbocycles. The maximum absolute atomic E-state index is 12.3. The first-order valence-corrected chi connectivity index (χ1v) is 8.77. The van der Waals surface area contributed by atoms with E-state index in [1.807, 2.05) is 31.6 Å². The number of hydrogen-bond acceptors (Lipinski definition) is 5. The largest absolute Gasteiger partial charge is 0.377 e. The third kappa shape index (κ3) is 3.71. The lowest BCUT2D eigenvalue weighted by Gasteiger charge is -2.21. The van der Waals surface area contributed by atoms with E-state index in [9.17, 15) is 4.79 Å². The molecule has 122 valence electrons. The number of para-hydroxylation sites is 1. The van der Waals surface area contributed by atoms with Crippen LogP contribution in [-0.4, -0.2) is 38.1 Å². The molecule has 0 radical (unpaired) electrons. The van der Waals surface area contributed by atoms with Crippen LogP contribution in [0, 0.1) is 5.92 Å². The molecule has 0 spiro atoms. The van der Waals surface area contributed by atoms with Gasteiger partial charge in [-0.15, -0.1) is 11.3 Å². The van der Waals surface area contributed by atoms with E-state index in [1.165, 1.54) is 11.3 Å². The van der Waals surface area contributed by atoms with Gasteiger partial charge in [-0.3, -0.25) is 4.79 Å². The number of nitrogens with one attached hydrogen (secondary N) is 2. The van der Waals surface area contributed by atoms with Crippen molar-refractivity contribution in [2.75, 3.05) is 37.4 Å². The Morgan fingerprint density at radius 3 is 2.78 bits per heavy atom. The molecule has 1 aromatic carbocycles. The Bertz CT molecular complexity index is 677. The van der Waals surface area contributed by atoms with E-state index in [2.05, 4.69) is 32.7 Å². The first kappa shape index (κ1) is 16.0. The van der Waals surface area contributed by atoms with Crippen LogP contribution in [0.2, 0.25) is 0 Å². The minimum Gasteiger partial charge on any atom is -0.377 e. The molecule has 1 aliphatic heterocycles. The molecule has 0 unspecified atom stereocenters. The molecule has 1 aromatic heterocycles. The first-order chi connectivity index (χ1) is 11.1. The van der Waals surface area contributed by atoms with Crippen LogP contribution < -0.4 is 15.5 Å². The zero-order chi connectivity index (χ0) is 16.2. The molecular weight excluding hydrogens is 308 g/mol. The number of carbonyl (C=O) groups excluding carboxylic acids is 1. The summed E-state index contributed by atoms with van der Waals surface area (Å²) < 4.78 is 0. The fourth-order valence-electron chi connectivity index (χ4n) is 2.83. The summed E-state index contributed by atoms with van der Waals surface area (Å²) in [5, 5.41) is 8.93. The van der Waals surface area contributed by atoms with Crippen LogP contribution >= 0.6 is 11.3 Å². The number of benzene rings is 1. The van der Waals surface area contributed by atoms with E-state index in [-0.39, 0.29) is 11.8 Å². The quantitative estimate of drug-likeness (QED) is 0.905. The van der Waals surface area contributed by atoms with Crippen molar-refractivity contribution in [1.29, 1.82) is 0 Å². The van der Waals surface area contributed by atoms with Gasteiger partial charge in [0.2, 0.25) is 5.91 Å². The van der Waals surface area contributed by atoms with Crippen molar-refractivity contribution in [3.63, 3.8) is 0 Å². The average molecular weight is 330 g/mol. The Kier molecular flexibility index (Phi) is 4.93. The lowest BCUT2D eigenvalue weighted by atomic mass is 9.97. The molecule has 23 heavy (non-hydrogen) atoms. The van der Waals surface area contributed by atoms with Gasteiger partial charge in [0.15, 0.2) is 5.13 Å². The van der Waals surface area contributed by atoms with Crippen molar-refractivity contribution < 1.29 is 4.79 Å². The molecule has 0 bridgehead atoms. The number of rotatable bonds is 4. The molecule has 2 aromatic rings. The summed E-state index contributed by atoms with van der Waals surface area (Å²) in [6, 6.07) is 8.16. The topological polar surface area (TPSA) is 57.3 Å². The lowest BCUT2D eigenvalue weighted by Crippen LogP contribution is -2.34. The van der Waals surface area contributed by atoms with E-state index < -0.39 is 0 Å². The standard InChI is InChI=1S/C17H22N4OS/c1-21(2)15-6-4-3-5-13(15)14-11-23-17(19-14)20-16(22)12-7-9-18-10-8-12/h3-6,11-12,18H,7-10H2,1-2H3,(H,19,20,22). The second-order valence-corrected chi connectivity index (χ2v) is 6.82. The molecule has 3 rings (SSSR count). The van der Waals surface area contributed by atoms with Crippen LogP contribution in [0.1, 0.15) is 12.8 Å². The van der Waals surface area contributed by atoms with Gasteiger partial charge in [0.05, 0.1) is 5.69 Å². The number of anilines is 2. The van der Waals surface area contributed by atoms with Crippen molar-refractivity contribution in [1.82, 2.24) is 10.3 Å². The number of piperidine rings is 1. The Hall–Kier alpha value is -1.92. The van der Waals surface area contributed by atoms with Gasteiger partial charge >= 0.3 is 0 Å². The summed E-state index contributed by atoms with van der Waals surface area (Å²) in [5.41, 5.74) is 3.10. The predicted molar refractivity (Wildman–Crippen MR) is 96.1 cm³/mol. The van der Waals surface area contributed by atoms with Crippen molar-refractivity contribution in [2.45, 2.75) is 12.8 Å². The highest BCUT2D eigenvalue weighted by Gasteiger charge is 2.22. The second kappa shape index (κ2) is 7.10. The van der Waals surface area contributed by atoms with Crippen LogP contribution in [0.4, 0.5) is 10.8 Å². The van der Waals surface area contributed by atoms with Gasteiger partial charge in [-0.25, -0.2) is 4.98 Å². The molecule has 1 amide bonds. The highest BCUT2D eigenvalue weighted by atomic mass is 32.1. The second-order valence-electron chi connectivity index (χ2n) is 5.96. The van der Waals surface area contributed by atoms with Crippen molar-refractivity contribution in [2.24, 2.45) is 5.92 Å². The maximum Gasteiger partial charge on any atom is 0.229 e.